The molecule has 2 N–H and O–H groups in total. The van der Waals surface area contributed by atoms with Crippen LogP contribution in [0.3, 0.4) is 0 Å². The normalized spacial score (nSPS) is 19.9. The highest BCUT2D eigenvalue weighted by molar-refractivity contribution is 7.90. The van der Waals surface area contributed by atoms with E-state index in [9.17, 15) is 26.4 Å². The van der Waals surface area contributed by atoms with Crippen molar-refractivity contribution in [2.24, 2.45) is 5.92 Å². The minimum atomic E-state index is -4.91. The van der Waals surface area contributed by atoms with E-state index >= 15 is 0 Å². The van der Waals surface area contributed by atoms with Crippen molar-refractivity contribution in [1.82, 2.24) is 4.31 Å². The van der Waals surface area contributed by atoms with Crippen LogP contribution in [0.15, 0.2) is 18.2 Å². The lowest BCUT2D eigenvalue weighted by Gasteiger charge is -2.30. The van der Waals surface area contributed by atoms with Gasteiger partial charge >= 0.3 is 22.4 Å². The fourth-order valence-electron chi connectivity index (χ4n) is 2.61. The number of hydrogen-bond acceptors (Lipinski definition) is 3. The van der Waals surface area contributed by atoms with Gasteiger partial charge in [0.05, 0.1) is 16.8 Å². The zero-order chi connectivity index (χ0) is 18.1. The Balaban J connectivity index is 2.31. The lowest BCUT2D eigenvalue weighted by molar-refractivity contribution is -0.138. The van der Waals surface area contributed by atoms with Gasteiger partial charge in [-0.1, -0.05) is 6.92 Å². The lowest BCUT2D eigenvalue weighted by atomic mass is 10.0. The first-order valence-corrected chi connectivity index (χ1v) is 8.67. The monoisotopic (exact) mass is 366 g/mol. The van der Waals surface area contributed by atoms with Gasteiger partial charge in [0.15, 0.2) is 0 Å². The van der Waals surface area contributed by atoms with Crippen molar-refractivity contribution in [2.45, 2.75) is 25.9 Å². The maximum Gasteiger partial charge on any atom is 0.417 e. The number of piperidine rings is 1. The topological polar surface area (TPSA) is 86.7 Å². The molecule has 24 heavy (non-hydrogen) atoms. The van der Waals surface area contributed by atoms with Crippen molar-refractivity contribution in [3.63, 3.8) is 0 Å². The average Bonchev–Trinajstić information content (AvgIpc) is 2.45. The molecule has 0 bridgehead atoms. The molecule has 0 radical (unpaired) electrons. The molecule has 1 aliphatic heterocycles. The SMILES string of the molecule is C[C@H]1CCCN(S(=O)(=O)Nc2ccc(C(=O)O)c(C(F)(F)F)c2)C1. The minimum Gasteiger partial charge on any atom is -0.478 e. The number of halogens is 3. The first-order chi connectivity index (χ1) is 11.0. The van der Waals surface area contributed by atoms with Gasteiger partial charge in [-0.15, -0.1) is 0 Å². The summed E-state index contributed by atoms with van der Waals surface area (Å²) in [7, 11) is -4.00. The summed E-state index contributed by atoms with van der Waals surface area (Å²) in [5.41, 5.74) is -2.66. The van der Waals surface area contributed by atoms with Crippen molar-refractivity contribution < 1.29 is 31.5 Å². The fraction of sp³-hybridized carbons (Fsp3) is 0.500. The lowest BCUT2D eigenvalue weighted by Crippen LogP contribution is -2.42. The van der Waals surface area contributed by atoms with E-state index in [1.807, 2.05) is 6.92 Å². The summed E-state index contributed by atoms with van der Waals surface area (Å²) in [5, 5.41) is 8.84. The third-order valence-corrected chi connectivity index (χ3v) is 5.27. The smallest absolute Gasteiger partial charge is 0.417 e. The van der Waals surface area contributed by atoms with E-state index in [1.165, 1.54) is 4.31 Å². The van der Waals surface area contributed by atoms with Crippen LogP contribution in [-0.2, 0) is 16.4 Å². The molecule has 1 saturated heterocycles. The molecule has 1 aromatic rings. The van der Waals surface area contributed by atoms with Gasteiger partial charge < -0.3 is 5.11 Å². The highest BCUT2D eigenvalue weighted by Crippen LogP contribution is 2.34. The molecule has 1 aromatic carbocycles. The number of carboxylic acids is 1. The summed E-state index contributed by atoms with van der Waals surface area (Å²) in [4.78, 5) is 10.9. The summed E-state index contributed by atoms with van der Waals surface area (Å²) in [6.45, 7) is 2.47. The van der Waals surface area contributed by atoms with Crippen molar-refractivity contribution in [3.05, 3.63) is 29.3 Å². The van der Waals surface area contributed by atoms with Crippen molar-refractivity contribution in [2.75, 3.05) is 17.8 Å². The summed E-state index contributed by atoms with van der Waals surface area (Å²) in [6.07, 6.45) is -3.35. The van der Waals surface area contributed by atoms with E-state index in [0.717, 1.165) is 18.6 Å². The molecule has 1 aliphatic rings. The second kappa shape index (κ2) is 6.60. The van der Waals surface area contributed by atoms with E-state index in [-0.39, 0.29) is 18.2 Å². The predicted octanol–water partition coefficient (Wildman–Crippen LogP) is 2.79. The first kappa shape index (κ1) is 18.5. The summed E-state index contributed by atoms with van der Waals surface area (Å²) < 4.78 is 66.8. The Labute approximate surface area is 137 Å². The van der Waals surface area contributed by atoms with E-state index in [2.05, 4.69) is 4.72 Å². The molecule has 0 unspecified atom stereocenters. The molecule has 0 amide bonds. The van der Waals surface area contributed by atoms with E-state index < -0.39 is 33.5 Å². The molecule has 134 valence electrons. The molecule has 0 saturated carbocycles. The molecular formula is C14H17F3N2O4S. The van der Waals surface area contributed by atoms with Crippen LogP contribution >= 0.6 is 0 Å². The van der Waals surface area contributed by atoms with E-state index in [0.29, 0.717) is 19.0 Å². The third kappa shape index (κ3) is 4.18. The van der Waals surface area contributed by atoms with Crippen LogP contribution in [0, 0.1) is 5.92 Å². The Kier molecular flexibility index (Phi) is 5.09. The molecule has 0 spiro atoms. The largest absolute Gasteiger partial charge is 0.478 e. The Morgan fingerprint density at radius 1 is 1.38 bits per heavy atom. The number of hydrogen-bond donors (Lipinski definition) is 2. The number of aromatic carboxylic acids is 1. The van der Waals surface area contributed by atoms with Gasteiger partial charge in [-0.3, -0.25) is 4.72 Å². The average molecular weight is 366 g/mol. The van der Waals surface area contributed by atoms with Gasteiger partial charge in [-0.2, -0.15) is 25.9 Å². The Morgan fingerprint density at radius 2 is 2.04 bits per heavy atom. The van der Waals surface area contributed by atoms with Crippen LogP contribution in [-0.4, -0.2) is 36.9 Å². The maximum atomic E-state index is 13.0. The van der Waals surface area contributed by atoms with Crippen LogP contribution in [0.2, 0.25) is 0 Å². The van der Waals surface area contributed by atoms with Gasteiger partial charge in [-0.25, -0.2) is 4.79 Å². The number of alkyl halides is 3. The van der Waals surface area contributed by atoms with Gasteiger partial charge in [0.2, 0.25) is 0 Å². The minimum absolute atomic E-state index is 0.162. The second-order valence-electron chi connectivity index (χ2n) is 5.78. The number of nitrogens with zero attached hydrogens (tertiary/aromatic N) is 1. The number of benzene rings is 1. The van der Waals surface area contributed by atoms with Crippen molar-refractivity contribution >= 4 is 21.9 Å². The quantitative estimate of drug-likeness (QED) is 0.858. The third-order valence-electron chi connectivity index (χ3n) is 3.76. The number of rotatable bonds is 4. The summed E-state index contributed by atoms with van der Waals surface area (Å²) in [5.74, 6) is -1.57. The molecular weight excluding hydrogens is 349 g/mol. The van der Waals surface area contributed by atoms with E-state index in [4.69, 9.17) is 5.11 Å². The molecule has 2 rings (SSSR count). The van der Waals surface area contributed by atoms with Crippen molar-refractivity contribution in [1.29, 1.82) is 0 Å². The standard InChI is InChI=1S/C14H17F3N2O4S/c1-9-3-2-6-19(8-9)24(22,23)18-10-4-5-11(13(20)21)12(7-10)14(15,16)17/h4-5,7,9,18H,2-3,6,8H2,1H3,(H,20,21)/t9-/m0/s1. The van der Waals surface area contributed by atoms with Crippen LogP contribution in [0.1, 0.15) is 35.7 Å². The molecule has 0 aliphatic carbocycles. The first-order valence-electron chi connectivity index (χ1n) is 7.23. The zero-order valence-corrected chi connectivity index (χ0v) is 13.6. The van der Waals surface area contributed by atoms with Crippen LogP contribution in [0.4, 0.5) is 18.9 Å². The van der Waals surface area contributed by atoms with Gasteiger partial charge in [0, 0.05) is 13.1 Å². The molecule has 6 nitrogen and oxygen atoms in total. The van der Waals surface area contributed by atoms with Gasteiger partial charge in [-0.05, 0) is 37.0 Å². The Bertz CT molecular complexity index is 734. The number of carboxylic acid groups (broad SMARTS) is 1. The van der Waals surface area contributed by atoms with Gasteiger partial charge in [0.1, 0.15) is 0 Å². The Hall–Kier alpha value is -1.81. The van der Waals surface area contributed by atoms with Crippen molar-refractivity contribution in [3.8, 4) is 0 Å². The summed E-state index contributed by atoms with van der Waals surface area (Å²) >= 11 is 0. The maximum absolute atomic E-state index is 13.0. The van der Waals surface area contributed by atoms with Gasteiger partial charge in [0.25, 0.3) is 0 Å². The molecule has 1 fully saturated rings. The second-order valence-corrected chi connectivity index (χ2v) is 7.45. The number of carbonyl (C=O) groups is 1. The van der Waals surface area contributed by atoms with Crippen LogP contribution < -0.4 is 4.72 Å². The Morgan fingerprint density at radius 3 is 2.58 bits per heavy atom. The summed E-state index contributed by atoms with van der Waals surface area (Å²) in [6, 6.07) is 2.24. The molecule has 1 heterocycles. The molecule has 10 heteroatoms. The van der Waals surface area contributed by atoms with E-state index in [1.54, 1.807) is 0 Å². The fourth-order valence-corrected chi connectivity index (χ4v) is 3.98. The molecule has 1 atom stereocenters. The highest BCUT2D eigenvalue weighted by atomic mass is 32.2. The highest BCUT2D eigenvalue weighted by Gasteiger charge is 2.36. The predicted molar refractivity (Wildman–Crippen MR) is 80.9 cm³/mol. The van der Waals surface area contributed by atoms with Crippen LogP contribution in [0.25, 0.3) is 0 Å². The number of nitrogens with one attached hydrogen (secondary N) is 1. The zero-order valence-electron chi connectivity index (χ0n) is 12.8. The number of anilines is 1. The molecule has 0 aromatic heterocycles. The van der Waals surface area contributed by atoms with Crippen LogP contribution in [0.5, 0.6) is 0 Å².